The molecule has 3 rings (SSSR count). The van der Waals surface area contributed by atoms with E-state index in [1.54, 1.807) is 25.4 Å². The summed E-state index contributed by atoms with van der Waals surface area (Å²) >= 11 is 0. The van der Waals surface area contributed by atoms with Crippen molar-refractivity contribution in [3.05, 3.63) is 34.4 Å². The Balaban J connectivity index is 1.94. The van der Waals surface area contributed by atoms with Crippen molar-refractivity contribution in [1.29, 1.82) is 0 Å². The predicted octanol–water partition coefficient (Wildman–Crippen LogP) is 0.296. The van der Waals surface area contributed by atoms with Gasteiger partial charge in [-0.3, -0.25) is 19.6 Å². The summed E-state index contributed by atoms with van der Waals surface area (Å²) in [7, 11) is 1.64. The fourth-order valence-corrected chi connectivity index (χ4v) is 2.90. The first-order valence-corrected chi connectivity index (χ1v) is 7.21. The number of likely N-dealkylation sites (tertiary alicyclic amines) is 1. The minimum absolute atomic E-state index is 0.0126. The van der Waals surface area contributed by atoms with Crippen LogP contribution in [0.4, 0.5) is 0 Å². The second-order valence-corrected chi connectivity index (χ2v) is 5.33. The van der Waals surface area contributed by atoms with Gasteiger partial charge in [0.25, 0.3) is 5.56 Å². The first-order valence-electron chi connectivity index (χ1n) is 7.21. The van der Waals surface area contributed by atoms with Crippen LogP contribution in [0.3, 0.4) is 0 Å². The first-order chi connectivity index (χ1) is 10.2. The Labute approximate surface area is 122 Å². The SMILES string of the molecule is CNC(=O)CN1CCCCC1c1cc(=O)n2[nH]ccc2n1. The molecule has 2 N–H and O–H groups in total. The summed E-state index contributed by atoms with van der Waals surface area (Å²) in [6.07, 6.45) is 4.77. The van der Waals surface area contributed by atoms with Crippen molar-refractivity contribution in [2.24, 2.45) is 0 Å². The van der Waals surface area contributed by atoms with Gasteiger partial charge in [-0.25, -0.2) is 9.50 Å². The summed E-state index contributed by atoms with van der Waals surface area (Å²) in [5.74, 6) is -0.0126. The third-order valence-electron chi connectivity index (χ3n) is 3.98. The Hall–Kier alpha value is -2.15. The summed E-state index contributed by atoms with van der Waals surface area (Å²) in [6.45, 7) is 1.20. The molecule has 2 aromatic rings. The number of fused-ring (bicyclic) bond motifs is 1. The molecule has 0 spiro atoms. The minimum atomic E-state index is -0.120. The summed E-state index contributed by atoms with van der Waals surface area (Å²) in [4.78, 5) is 30.4. The highest BCUT2D eigenvalue weighted by atomic mass is 16.2. The molecule has 3 heterocycles. The van der Waals surface area contributed by atoms with Crippen LogP contribution in [0.5, 0.6) is 0 Å². The van der Waals surface area contributed by atoms with Crippen LogP contribution in [0.25, 0.3) is 5.65 Å². The van der Waals surface area contributed by atoms with Crippen LogP contribution in [0.15, 0.2) is 23.1 Å². The highest BCUT2D eigenvalue weighted by Gasteiger charge is 2.27. The molecule has 0 aliphatic carbocycles. The molecule has 7 nitrogen and oxygen atoms in total. The van der Waals surface area contributed by atoms with Gasteiger partial charge < -0.3 is 5.32 Å². The molecule has 1 atom stereocenters. The average Bonchev–Trinajstić information content (AvgIpc) is 2.96. The molecule has 0 aromatic carbocycles. The number of carbonyl (C=O) groups is 1. The third kappa shape index (κ3) is 2.69. The number of rotatable bonds is 3. The van der Waals surface area contributed by atoms with Crippen LogP contribution in [0.1, 0.15) is 31.0 Å². The van der Waals surface area contributed by atoms with Gasteiger partial charge in [0.05, 0.1) is 18.3 Å². The maximum Gasteiger partial charge on any atom is 0.272 e. The van der Waals surface area contributed by atoms with Gasteiger partial charge >= 0.3 is 0 Å². The van der Waals surface area contributed by atoms with Crippen molar-refractivity contribution in [2.75, 3.05) is 20.1 Å². The number of hydrogen-bond acceptors (Lipinski definition) is 4. The zero-order valence-electron chi connectivity index (χ0n) is 12.0. The molecular weight excluding hydrogens is 270 g/mol. The van der Waals surface area contributed by atoms with Gasteiger partial charge in [-0.1, -0.05) is 6.42 Å². The number of H-pyrrole nitrogens is 1. The Morgan fingerprint density at radius 2 is 2.38 bits per heavy atom. The highest BCUT2D eigenvalue weighted by molar-refractivity contribution is 5.77. The summed E-state index contributed by atoms with van der Waals surface area (Å²) in [6, 6.07) is 3.37. The van der Waals surface area contributed by atoms with Crippen molar-refractivity contribution in [3.63, 3.8) is 0 Å². The molecular formula is C14H19N5O2. The topological polar surface area (TPSA) is 82.5 Å². The van der Waals surface area contributed by atoms with Gasteiger partial charge in [0.15, 0.2) is 5.65 Å². The lowest BCUT2D eigenvalue weighted by Gasteiger charge is -2.34. The number of likely N-dealkylation sites (N-methyl/N-ethyl adjacent to an activating group) is 1. The van der Waals surface area contributed by atoms with Crippen LogP contribution in [0, 0.1) is 0 Å². The van der Waals surface area contributed by atoms with Crippen molar-refractivity contribution < 1.29 is 4.79 Å². The fourth-order valence-electron chi connectivity index (χ4n) is 2.90. The van der Waals surface area contributed by atoms with Crippen molar-refractivity contribution in [1.82, 2.24) is 24.8 Å². The zero-order valence-corrected chi connectivity index (χ0v) is 12.0. The quantitative estimate of drug-likeness (QED) is 0.851. The van der Waals surface area contributed by atoms with Crippen molar-refractivity contribution in [2.45, 2.75) is 25.3 Å². The maximum atomic E-state index is 12.1. The first kappa shape index (κ1) is 13.8. The smallest absolute Gasteiger partial charge is 0.272 e. The van der Waals surface area contributed by atoms with Gasteiger partial charge in [-0.2, -0.15) is 0 Å². The molecule has 112 valence electrons. The molecule has 1 fully saturated rings. The van der Waals surface area contributed by atoms with Crippen LogP contribution in [-0.4, -0.2) is 45.5 Å². The van der Waals surface area contributed by atoms with E-state index in [-0.39, 0.29) is 17.5 Å². The Bertz CT molecular complexity index is 705. The van der Waals surface area contributed by atoms with Crippen molar-refractivity contribution >= 4 is 11.6 Å². The summed E-state index contributed by atoms with van der Waals surface area (Å²) in [5.41, 5.74) is 1.25. The molecule has 1 amide bonds. The zero-order chi connectivity index (χ0) is 14.8. The molecule has 21 heavy (non-hydrogen) atoms. The van der Waals surface area contributed by atoms with E-state index in [9.17, 15) is 9.59 Å². The number of aromatic nitrogens is 3. The number of carbonyl (C=O) groups excluding carboxylic acids is 1. The highest BCUT2D eigenvalue weighted by Crippen LogP contribution is 2.28. The largest absolute Gasteiger partial charge is 0.358 e. The molecule has 1 saturated heterocycles. The molecule has 1 aliphatic rings. The lowest BCUT2D eigenvalue weighted by Crippen LogP contribution is -2.41. The maximum absolute atomic E-state index is 12.1. The minimum Gasteiger partial charge on any atom is -0.358 e. The third-order valence-corrected chi connectivity index (χ3v) is 3.98. The van der Waals surface area contributed by atoms with E-state index >= 15 is 0 Å². The van der Waals surface area contributed by atoms with E-state index in [2.05, 4.69) is 20.3 Å². The van der Waals surface area contributed by atoms with E-state index in [1.165, 1.54) is 4.52 Å². The molecule has 0 bridgehead atoms. The number of hydrogen-bond donors (Lipinski definition) is 2. The molecule has 0 saturated carbocycles. The second-order valence-electron chi connectivity index (χ2n) is 5.33. The van der Waals surface area contributed by atoms with E-state index in [4.69, 9.17) is 0 Å². The molecule has 2 aromatic heterocycles. The summed E-state index contributed by atoms with van der Waals surface area (Å²) in [5, 5.41) is 5.48. The molecule has 7 heteroatoms. The van der Waals surface area contributed by atoms with Crippen LogP contribution in [0.2, 0.25) is 0 Å². The Morgan fingerprint density at radius 3 is 3.19 bits per heavy atom. The molecule has 0 radical (unpaired) electrons. The number of aromatic amines is 1. The van der Waals surface area contributed by atoms with Gasteiger partial charge in [0.2, 0.25) is 5.91 Å². The Kier molecular flexibility index (Phi) is 3.74. The van der Waals surface area contributed by atoms with E-state index < -0.39 is 0 Å². The second kappa shape index (κ2) is 5.69. The van der Waals surface area contributed by atoms with Crippen molar-refractivity contribution in [3.8, 4) is 0 Å². The number of amides is 1. The van der Waals surface area contributed by atoms with Gasteiger partial charge in [-0.15, -0.1) is 0 Å². The van der Waals surface area contributed by atoms with Crippen LogP contribution < -0.4 is 10.9 Å². The summed E-state index contributed by atoms with van der Waals surface area (Å²) < 4.78 is 1.41. The predicted molar refractivity (Wildman–Crippen MR) is 78.0 cm³/mol. The molecule has 1 unspecified atom stereocenters. The number of nitrogens with one attached hydrogen (secondary N) is 2. The normalized spacial score (nSPS) is 19.8. The number of nitrogens with zero attached hydrogens (tertiary/aromatic N) is 3. The van der Waals surface area contributed by atoms with Gasteiger partial charge in [0.1, 0.15) is 0 Å². The lowest BCUT2D eigenvalue weighted by atomic mass is 9.99. The molecule has 1 aliphatic heterocycles. The lowest BCUT2D eigenvalue weighted by molar-refractivity contribution is -0.122. The number of piperidine rings is 1. The van der Waals surface area contributed by atoms with E-state index in [1.807, 2.05) is 0 Å². The average molecular weight is 289 g/mol. The Morgan fingerprint density at radius 1 is 1.52 bits per heavy atom. The van der Waals surface area contributed by atoms with E-state index in [0.29, 0.717) is 12.2 Å². The van der Waals surface area contributed by atoms with Gasteiger partial charge in [0, 0.05) is 25.4 Å². The van der Waals surface area contributed by atoms with E-state index in [0.717, 1.165) is 31.5 Å². The van der Waals surface area contributed by atoms with Gasteiger partial charge in [-0.05, 0) is 19.4 Å². The van der Waals surface area contributed by atoms with Crippen LogP contribution >= 0.6 is 0 Å². The standard InChI is InChI=1S/C14H19N5O2/c1-15-13(20)9-18-7-3-2-4-11(18)10-8-14(21)19-12(17-10)5-6-16-19/h5-6,8,11,16H,2-4,7,9H2,1H3,(H,15,20). The van der Waals surface area contributed by atoms with Crippen LogP contribution in [-0.2, 0) is 4.79 Å². The fraction of sp³-hybridized carbons (Fsp3) is 0.500. The monoisotopic (exact) mass is 289 g/mol.